The molecule has 2 aromatic rings. The van der Waals surface area contributed by atoms with Crippen LogP contribution in [0.2, 0.25) is 0 Å². The Kier molecular flexibility index (Phi) is 10.5. The minimum absolute atomic E-state index is 0. The normalized spacial score (nSPS) is 11.0. The van der Waals surface area contributed by atoms with Gasteiger partial charge in [0.15, 0.2) is 17.5 Å². The largest absolute Gasteiger partial charge is 0.493 e. The van der Waals surface area contributed by atoms with Gasteiger partial charge >= 0.3 is 0 Å². The Hall–Kier alpha value is -2.16. The molecule has 0 saturated heterocycles. The minimum Gasteiger partial charge on any atom is -0.493 e. The van der Waals surface area contributed by atoms with Gasteiger partial charge in [-0.05, 0) is 35.2 Å². The Bertz CT molecular complexity index is 766. The van der Waals surface area contributed by atoms with Crippen molar-refractivity contribution >= 4 is 29.9 Å². The number of ether oxygens (including phenoxy) is 3. The molecule has 0 aliphatic rings. The average molecular weight is 499 g/mol. The molecule has 0 fully saturated rings. The molecular formula is C21H30IN3O3. The summed E-state index contributed by atoms with van der Waals surface area (Å²) in [7, 11) is 3.22. The molecule has 2 rings (SSSR count). The number of nitrogens with two attached hydrogens (primary N) is 1. The third kappa shape index (κ3) is 7.10. The van der Waals surface area contributed by atoms with Crippen molar-refractivity contribution in [2.75, 3.05) is 27.4 Å². The highest BCUT2D eigenvalue weighted by atomic mass is 127. The number of nitrogens with one attached hydrogen (secondary N) is 1. The number of benzene rings is 2. The molecule has 0 spiro atoms. The maximum absolute atomic E-state index is 5.93. The molecule has 3 N–H and O–H groups in total. The molecule has 0 aliphatic heterocycles. The summed E-state index contributed by atoms with van der Waals surface area (Å²) in [5.41, 5.74) is 8.12. The van der Waals surface area contributed by atoms with Crippen molar-refractivity contribution in [2.24, 2.45) is 10.7 Å². The first-order chi connectivity index (χ1) is 13.0. The Morgan fingerprint density at radius 1 is 1.04 bits per heavy atom. The molecule has 0 aliphatic carbocycles. The number of methoxy groups -OCH3 is 2. The summed E-state index contributed by atoms with van der Waals surface area (Å²) in [6, 6.07) is 13.8. The standard InChI is InChI=1S/C21H29N3O3.HI/c1-15(2)17-7-5-6-8-18(17)27-12-11-23-21(22)24-14-16-9-10-19(25-3)20(13-16)26-4;/h5-10,13,15H,11-12,14H2,1-4H3,(H3,22,23,24);1H. The summed E-state index contributed by atoms with van der Waals surface area (Å²) in [5, 5.41) is 3.07. The lowest BCUT2D eigenvalue weighted by Gasteiger charge is -2.14. The lowest BCUT2D eigenvalue weighted by atomic mass is 10.0. The van der Waals surface area contributed by atoms with Crippen LogP contribution in [-0.2, 0) is 6.54 Å². The molecule has 6 nitrogen and oxygen atoms in total. The van der Waals surface area contributed by atoms with Crippen molar-refractivity contribution in [3.05, 3.63) is 53.6 Å². The molecular weight excluding hydrogens is 469 g/mol. The number of halogens is 1. The summed E-state index contributed by atoms with van der Waals surface area (Å²) in [6.45, 7) is 5.85. The van der Waals surface area contributed by atoms with Gasteiger partial charge in [-0.25, -0.2) is 4.99 Å². The average Bonchev–Trinajstić information content (AvgIpc) is 2.69. The van der Waals surface area contributed by atoms with Crippen molar-refractivity contribution in [2.45, 2.75) is 26.3 Å². The van der Waals surface area contributed by atoms with E-state index < -0.39 is 0 Å². The number of hydrogen-bond donors (Lipinski definition) is 2. The van der Waals surface area contributed by atoms with Crippen LogP contribution in [0.5, 0.6) is 17.2 Å². The monoisotopic (exact) mass is 499 g/mol. The highest BCUT2D eigenvalue weighted by Crippen LogP contribution is 2.28. The third-order valence-corrected chi connectivity index (χ3v) is 4.09. The second kappa shape index (κ2) is 12.3. The smallest absolute Gasteiger partial charge is 0.189 e. The minimum atomic E-state index is 0. The van der Waals surface area contributed by atoms with E-state index in [2.05, 4.69) is 30.2 Å². The molecule has 0 radical (unpaired) electrons. The summed E-state index contributed by atoms with van der Waals surface area (Å²) in [4.78, 5) is 4.35. The lowest BCUT2D eigenvalue weighted by molar-refractivity contribution is 0.318. The highest BCUT2D eigenvalue weighted by molar-refractivity contribution is 14.0. The van der Waals surface area contributed by atoms with Gasteiger partial charge in [-0.3, -0.25) is 0 Å². The predicted octanol–water partition coefficient (Wildman–Crippen LogP) is 3.93. The van der Waals surface area contributed by atoms with E-state index in [1.807, 2.05) is 36.4 Å². The van der Waals surface area contributed by atoms with Gasteiger partial charge in [0.05, 0.1) is 27.3 Å². The zero-order valence-electron chi connectivity index (χ0n) is 16.9. The zero-order valence-corrected chi connectivity index (χ0v) is 19.2. The first-order valence-corrected chi connectivity index (χ1v) is 9.01. The van der Waals surface area contributed by atoms with Gasteiger partial charge in [0, 0.05) is 0 Å². The van der Waals surface area contributed by atoms with E-state index in [0.29, 0.717) is 43.1 Å². The second-order valence-electron chi connectivity index (χ2n) is 6.36. The number of rotatable bonds is 9. The molecule has 154 valence electrons. The first kappa shape index (κ1) is 23.9. The van der Waals surface area contributed by atoms with Crippen LogP contribution in [0.15, 0.2) is 47.5 Å². The Labute approximate surface area is 184 Å². The third-order valence-electron chi connectivity index (χ3n) is 4.09. The fourth-order valence-corrected chi connectivity index (χ4v) is 2.64. The molecule has 0 unspecified atom stereocenters. The number of para-hydroxylation sites is 1. The highest BCUT2D eigenvalue weighted by Gasteiger charge is 2.07. The molecule has 7 heteroatoms. The molecule has 28 heavy (non-hydrogen) atoms. The van der Waals surface area contributed by atoms with Crippen LogP contribution in [0.1, 0.15) is 30.9 Å². The lowest BCUT2D eigenvalue weighted by Crippen LogP contribution is -2.34. The van der Waals surface area contributed by atoms with Crippen molar-refractivity contribution in [3.63, 3.8) is 0 Å². The van der Waals surface area contributed by atoms with E-state index in [1.54, 1.807) is 14.2 Å². The number of aliphatic imine (C=N–C) groups is 1. The predicted molar refractivity (Wildman–Crippen MR) is 124 cm³/mol. The van der Waals surface area contributed by atoms with Gasteiger partial charge in [0.25, 0.3) is 0 Å². The van der Waals surface area contributed by atoms with E-state index in [1.165, 1.54) is 5.56 Å². The van der Waals surface area contributed by atoms with E-state index in [-0.39, 0.29) is 24.0 Å². The van der Waals surface area contributed by atoms with Crippen molar-refractivity contribution < 1.29 is 14.2 Å². The summed E-state index contributed by atoms with van der Waals surface area (Å²) in [5.74, 6) is 3.08. The van der Waals surface area contributed by atoms with Crippen LogP contribution in [0.25, 0.3) is 0 Å². The molecule has 0 saturated carbocycles. The van der Waals surface area contributed by atoms with Gasteiger partial charge < -0.3 is 25.3 Å². The Morgan fingerprint density at radius 3 is 2.43 bits per heavy atom. The summed E-state index contributed by atoms with van der Waals surface area (Å²) in [6.07, 6.45) is 0. The van der Waals surface area contributed by atoms with Crippen LogP contribution >= 0.6 is 24.0 Å². The first-order valence-electron chi connectivity index (χ1n) is 9.01. The van der Waals surface area contributed by atoms with E-state index in [0.717, 1.165) is 11.3 Å². The SMILES string of the molecule is COc1ccc(CN=C(N)NCCOc2ccccc2C(C)C)cc1OC.I. The van der Waals surface area contributed by atoms with E-state index in [4.69, 9.17) is 19.9 Å². The zero-order chi connectivity index (χ0) is 19.6. The Balaban J connectivity index is 0.00000392. The van der Waals surface area contributed by atoms with Crippen LogP contribution in [0.4, 0.5) is 0 Å². The van der Waals surface area contributed by atoms with E-state index in [9.17, 15) is 0 Å². The number of hydrogen-bond acceptors (Lipinski definition) is 4. The quantitative estimate of drug-likeness (QED) is 0.237. The molecule has 0 aromatic heterocycles. The Morgan fingerprint density at radius 2 is 1.75 bits per heavy atom. The fourth-order valence-electron chi connectivity index (χ4n) is 2.64. The summed E-state index contributed by atoms with van der Waals surface area (Å²) < 4.78 is 16.4. The van der Waals surface area contributed by atoms with Crippen molar-refractivity contribution in [3.8, 4) is 17.2 Å². The summed E-state index contributed by atoms with van der Waals surface area (Å²) >= 11 is 0. The van der Waals surface area contributed by atoms with Crippen molar-refractivity contribution in [1.29, 1.82) is 0 Å². The van der Waals surface area contributed by atoms with Crippen LogP contribution in [-0.4, -0.2) is 33.3 Å². The maximum Gasteiger partial charge on any atom is 0.189 e. The molecule has 0 atom stereocenters. The van der Waals surface area contributed by atoms with Crippen molar-refractivity contribution in [1.82, 2.24) is 5.32 Å². The van der Waals surface area contributed by atoms with Gasteiger partial charge in [-0.2, -0.15) is 0 Å². The molecule has 0 bridgehead atoms. The molecule has 0 amide bonds. The van der Waals surface area contributed by atoms with Crippen LogP contribution in [0.3, 0.4) is 0 Å². The number of guanidine groups is 1. The van der Waals surface area contributed by atoms with Crippen LogP contribution in [0, 0.1) is 0 Å². The van der Waals surface area contributed by atoms with Gasteiger partial charge in [0.1, 0.15) is 12.4 Å². The topological polar surface area (TPSA) is 78.1 Å². The van der Waals surface area contributed by atoms with Crippen LogP contribution < -0.4 is 25.3 Å². The fraction of sp³-hybridized carbons (Fsp3) is 0.381. The maximum atomic E-state index is 5.93. The van der Waals surface area contributed by atoms with Gasteiger partial charge in [-0.1, -0.05) is 38.1 Å². The van der Waals surface area contributed by atoms with Gasteiger partial charge in [0.2, 0.25) is 0 Å². The van der Waals surface area contributed by atoms with E-state index >= 15 is 0 Å². The molecule has 2 aromatic carbocycles. The molecule has 0 heterocycles. The van der Waals surface area contributed by atoms with Gasteiger partial charge in [-0.15, -0.1) is 24.0 Å². The second-order valence-corrected chi connectivity index (χ2v) is 6.36. The number of nitrogens with zero attached hydrogens (tertiary/aromatic N) is 1.